The Morgan fingerprint density at radius 2 is 2.47 bits per heavy atom. The molecule has 0 aromatic carbocycles. The van der Waals surface area contributed by atoms with Crippen molar-refractivity contribution < 1.29 is 9.32 Å². The minimum atomic E-state index is 0.152. The van der Waals surface area contributed by atoms with Gasteiger partial charge in [0.2, 0.25) is 5.91 Å². The molecule has 2 rings (SSSR count). The van der Waals surface area contributed by atoms with Gasteiger partial charge in [-0.25, -0.2) is 0 Å². The first kappa shape index (κ1) is 12.1. The molecule has 1 aliphatic rings. The van der Waals surface area contributed by atoms with Crippen LogP contribution in [0.5, 0.6) is 0 Å². The van der Waals surface area contributed by atoms with Crippen molar-refractivity contribution in [2.75, 3.05) is 13.1 Å². The molecule has 5 nitrogen and oxygen atoms in total. The van der Waals surface area contributed by atoms with Gasteiger partial charge in [-0.2, -0.15) is 0 Å². The monoisotopic (exact) mass is 237 g/mol. The Hall–Kier alpha value is -1.36. The second kappa shape index (κ2) is 4.87. The van der Waals surface area contributed by atoms with Crippen molar-refractivity contribution in [3.63, 3.8) is 0 Å². The summed E-state index contributed by atoms with van der Waals surface area (Å²) in [4.78, 5) is 13.1. The van der Waals surface area contributed by atoms with Crippen LogP contribution in [-0.2, 0) is 4.79 Å². The van der Waals surface area contributed by atoms with Crippen LogP contribution < -0.4 is 5.32 Å². The first-order valence-corrected chi connectivity index (χ1v) is 6.01. The number of carbonyl (C=O) groups excluding carboxylic acids is 1. The van der Waals surface area contributed by atoms with Crippen LogP contribution in [0.1, 0.15) is 37.8 Å². The molecule has 1 aliphatic heterocycles. The van der Waals surface area contributed by atoms with E-state index in [0.717, 1.165) is 31.0 Å². The molecule has 1 fully saturated rings. The fourth-order valence-corrected chi connectivity index (χ4v) is 2.21. The highest BCUT2D eigenvalue weighted by atomic mass is 16.5. The van der Waals surface area contributed by atoms with Crippen molar-refractivity contribution >= 4 is 5.91 Å². The maximum Gasteiger partial charge on any atom is 0.219 e. The van der Waals surface area contributed by atoms with Crippen LogP contribution >= 0.6 is 0 Å². The lowest BCUT2D eigenvalue weighted by Crippen LogP contribution is -2.35. The van der Waals surface area contributed by atoms with Crippen molar-refractivity contribution in [1.82, 2.24) is 15.4 Å². The Kier molecular flexibility index (Phi) is 3.47. The number of nitrogens with zero attached hydrogens (tertiary/aromatic N) is 2. The molecule has 0 aliphatic carbocycles. The third-order valence-corrected chi connectivity index (χ3v) is 3.21. The summed E-state index contributed by atoms with van der Waals surface area (Å²) in [6, 6.07) is 2.45. The number of aromatic nitrogens is 1. The SMILES string of the molecule is CC(=O)N1CCC(NC(C)c2cc(C)on2)C1. The lowest BCUT2D eigenvalue weighted by molar-refractivity contribution is -0.127. The molecule has 0 spiro atoms. The number of hydrogen-bond donors (Lipinski definition) is 1. The molecule has 1 saturated heterocycles. The van der Waals surface area contributed by atoms with Gasteiger partial charge in [-0.1, -0.05) is 5.16 Å². The van der Waals surface area contributed by atoms with Crippen LogP contribution in [-0.4, -0.2) is 35.1 Å². The third kappa shape index (κ3) is 2.85. The van der Waals surface area contributed by atoms with E-state index < -0.39 is 0 Å². The third-order valence-electron chi connectivity index (χ3n) is 3.21. The molecule has 94 valence electrons. The lowest BCUT2D eigenvalue weighted by Gasteiger charge is -2.18. The largest absolute Gasteiger partial charge is 0.361 e. The summed E-state index contributed by atoms with van der Waals surface area (Å²) in [6.45, 7) is 7.20. The van der Waals surface area contributed by atoms with Crippen molar-refractivity contribution in [3.8, 4) is 0 Å². The van der Waals surface area contributed by atoms with Crippen LogP contribution in [0.3, 0.4) is 0 Å². The molecular formula is C12H19N3O2. The average molecular weight is 237 g/mol. The predicted octanol–water partition coefficient (Wildman–Crippen LogP) is 1.25. The molecule has 0 radical (unpaired) electrons. The summed E-state index contributed by atoms with van der Waals surface area (Å²) < 4.78 is 5.05. The van der Waals surface area contributed by atoms with E-state index in [-0.39, 0.29) is 11.9 Å². The molecule has 0 bridgehead atoms. The predicted molar refractivity (Wildman–Crippen MR) is 63.4 cm³/mol. The standard InChI is InChI=1S/C12H19N3O2/c1-8-6-12(14-17-8)9(2)13-11-4-5-15(7-11)10(3)16/h6,9,11,13H,4-5,7H2,1-3H3. The molecular weight excluding hydrogens is 218 g/mol. The number of amides is 1. The van der Waals surface area contributed by atoms with Gasteiger partial charge in [0.25, 0.3) is 0 Å². The van der Waals surface area contributed by atoms with Gasteiger partial charge < -0.3 is 14.7 Å². The van der Waals surface area contributed by atoms with Gasteiger partial charge in [-0.15, -0.1) is 0 Å². The summed E-state index contributed by atoms with van der Waals surface area (Å²) in [5.74, 6) is 0.977. The number of carbonyl (C=O) groups is 1. The van der Waals surface area contributed by atoms with Gasteiger partial charge in [0.05, 0.1) is 6.04 Å². The van der Waals surface area contributed by atoms with E-state index in [1.54, 1.807) is 6.92 Å². The van der Waals surface area contributed by atoms with Crippen molar-refractivity contribution in [3.05, 3.63) is 17.5 Å². The number of nitrogens with one attached hydrogen (secondary N) is 1. The summed E-state index contributed by atoms with van der Waals surface area (Å²) in [6.07, 6.45) is 1.00. The van der Waals surface area contributed by atoms with E-state index in [9.17, 15) is 4.79 Å². The van der Waals surface area contributed by atoms with Crippen LogP contribution in [0.4, 0.5) is 0 Å². The molecule has 0 saturated carbocycles. The first-order chi connectivity index (χ1) is 8.06. The molecule has 2 unspecified atom stereocenters. The number of rotatable bonds is 3. The van der Waals surface area contributed by atoms with Gasteiger partial charge in [0, 0.05) is 32.1 Å². The minimum Gasteiger partial charge on any atom is -0.361 e. The smallest absolute Gasteiger partial charge is 0.219 e. The van der Waals surface area contributed by atoms with E-state index in [1.807, 2.05) is 17.9 Å². The second-order valence-electron chi connectivity index (χ2n) is 4.70. The maximum atomic E-state index is 11.2. The average Bonchev–Trinajstić information content (AvgIpc) is 2.86. The van der Waals surface area contributed by atoms with Gasteiger partial charge >= 0.3 is 0 Å². The van der Waals surface area contributed by atoms with Crippen molar-refractivity contribution in [2.45, 2.75) is 39.3 Å². The van der Waals surface area contributed by atoms with E-state index in [0.29, 0.717) is 6.04 Å². The van der Waals surface area contributed by atoms with E-state index >= 15 is 0 Å². The zero-order chi connectivity index (χ0) is 12.4. The molecule has 2 atom stereocenters. The summed E-state index contributed by atoms with van der Waals surface area (Å²) in [7, 11) is 0. The maximum absolute atomic E-state index is 11.2. The quantitative estimate of drug-likeness (QED) is 0.859. The molecule has 1 amide bonds. The van der Waals surface area contributed by atoms with Crippen LogP contribution in [0, 0.1) is 6.92 Å². The summed E-state index contributed by atoms with van der Waals surface area (Å²) >= 11 is 0. The minimum absolute atomic E-state index is 0.152. The second-order valence-corrected chi connectivity index (χ2v) is 4.70. The highest BCUT2D eigenvalue weighted by molar-refractivity contribution is 5.73. The Bertz CT molecular complexity index is 402. The molecule has 1 N–H and O–H groups in total. The number of hydrogen-bond acceptors (Lipinski definition) is 4. The van der Waals surface area contributed by atoms with Gasteiger partial charge in [-0.3, -0.25) is 4.79 Å². The van der Waals surface area contributed by atoms with Crippen molar-refractivity contribution in [2.24, 2.45) is 0 Å². The lowest BCUT2D eigenvalue weighted by atomic mass is 10.2. The zero-order valence-electron chi connectivity index (χ0n) is 10.6. The van der Waals surface area contributed by atoms with Gasteiger partial charge in [0.1, 0.15) is 11.5 Å². The molecule has 1 aromatic rings. The Morgan fingerprint density at radius 3 is 3.00 bits per heavy atom. The summed E-state index contributed by atoms with van der Waals surface area (Å²) in [5.41, 5.74) is 0.920. The van der Waals surface area contributed by atoms with Crippen LogP contribution in [0.2, 0.25) is 0 Å². The van der Waals surface area contributed by atoms with Crippen LogP contribution in [0.25, 0.3) is 0 Å². The first-order valence-electron chi connectivity index (χ1n) is 6.01. The molecule has 1 aromatic heterocycles. The normalized spacial score (nSPS) is 21.8. The Labute approximate surface area is 101 Å². The number of likely N-dealkylation sites (tertiary alicyclic amines) is 1. The van der Waals surface area contributed by atoms with E-state index in [1.165, 1.54) is 0 Å². The fourth-order valence-electron chi connectivity index (χ4n) is 2.21. The molecule has 2 heterocycles. The topological polar surface area (TPSA) is 58.4 Å². The molecule has 5 heteroatoms. The fraction of sp³-hybridized carbons (Fsp3) is 0.667. The molecule has 17 heavy (non-hydrogen) atoms. The number of aryl methyl sites for hydroxylation is 1. The Balaban J connectivity index is 1.88. The zero-order valence-corrected chi connectivity index (χ0v) is 10.6. The highest BCUT2D eigenvalue weighted by Crippen LogP contribution is 2.16. The Morgan fingerprint density at radius 1 is 1.71 bits per heavy atom. The van der Waals surface area contributed by atoms with Gasteiger partial charge in [-0.05, 0) is 20.3 Å². The van der Waals surface area contributed by atoms with Gasteiger partial charge in [0.15, 0.2) is 0 Å². The van der Waals surface area contributed by atoms with Crippen molar-refractivity contribution in [1.29, 1.82) is 0 Å². The van der Waals surface area contributed by atoms with Crippen LogP contribution in [0.15, 0.2) is 10.6 Å². The van der Waals surface area contributed by atoms with E-state index in [2.05, 4.69) is 17.4 Å². The summed E-state index contributed by atoms with van der Waals surface area (Å²) in [5, 5.41) is 7.47. The van der Waals surface area contributed by atoms with E-state index in [4.69, 9.17) is 4.52 Å². The highest BCUT2D eigenvalue weighted by Gasteiger charge is 2.25.